The van der Waals surface area contributed by atoms with Gasteiger partial charge in [0.1, 0.15) is 0 Å². The highest BCUT2D eigenvalue weighted by Crippen LogP contribution is 2.33. The van der Waals surface area contributed by atoms with Gasteiger partial charge in [0, 0.05) is 56.7 Å². The molecule has 0 amide bonds. The third-order valence-corrected chi connectivity index (χ3v) is 6.75. The summed E-state index contributed by atoms with van der Waals surface area (Å²) < 4.78 is 5.80. The zero-order valence-corrected chi connectivity index (χ0v) is 18.9. The summed E-state index contributed by atoms with van der Waals surface area (Å²) in [5.74, 6) is 1.58. The maximum Gasteiger partial charge on any atom is 0.191 e. The zero-order valence-electron chi connectivity index (χ0n) is 15.8. The predicted molar refractivity (Wildman–Crippen MR) is 116 cm³/mol. The van der Waals surface area contributed by atoms with Crippen molar-refractivity contribution in [1.82, 2.24) is 15.5 Å². The molecule has 5 nitrogen and oxygen atoms in total. The van der Waals surface area contributed by atoms with Crippen molar-refractivity contribution in [2.75, 3.05) is 46.2 Å². The second-order valence-electron chi connectivity index (χ2n) is 7.20. The van der Waals surface area contributed by atoms with Gasteiger partial charge in [-0.1, -0.05) is 6.92 Å². The van der Waals surface area contributed by atoms with Crippen LogP contribution in [0.1, 0.15) is 33.6 Å². The van der Waals surface area contributed by atoms with Crippen LogP contribution in [0.15, 0.2) is 4.99 Å². The lowest BCUT2D eigenvalue weighted by Gasteiger charge is -2.36. The first-order valence-electron chi connectivity index (χ1n) is 8.84. The number of ether oxygens (including phenoxy) is 1. The quantitative estimate of drug-likeness (QED) is 0.367. The second-order valence-corrected chi connectivity index (χ2v) is 8.48. The molecule has 142 valence electrons. The Morgan fingerprint density at radius 1 is 1.33 bits per heavy atom. The number of hydrogen-bond acceptors (Lipinski definition) is 4. The lowest BCUT2D eigenvalue weighted by Crippen LogP contribution is -2.51. The predicted octanol–water partition coefficient (Wildman–Crippen LogP) is 2.41. The average molecular weight is 470 g/mol. The third-order valence-electron chi connectivity index (χ3n) is 5.33. The van der Waals surface area contributed by atoms with E-state index in [-0.39, 0.29) is 28.7 Å². The normalized spacial score (nSPS) is 27.8. The van der Waals surface area contributed by atoms with Gasteiger partial charge in [0.2, 0.25) is 0 Å². The number of aliphatic imine (C=N–C) groups is 1. The Morgan fingerprint density at radius 3 is 2.50 bits per heavy atom. The summed E-state index contributed by atoms with van der Waals surface area (Å²) in [5.41, 5.74) is 0. The van der Waals surface area contributed by atoms with Crippen LogP contribution < -0.4 is 10.6 Å². The average Bonchev–Trinajstić information content (AvgIpc) is 2.93. The highest BCUT2D eigenvalue weighted by Gasteiger charge is 2.34. The van der Waals surface area contributed by atoms with Gasteiger partial charge in [-0.05, 0) is 38.9 Å². The maximum absolute atomic E-state index is 5.52. The van der Waals surface area contributed by atoms with E-state index in [0.717, 1.165) is 45.1 Å². The molecule has 0 aromatic rings. The van der Waals surface area contributed by atoms with Crippen molar-refractivity contribution in [1.29, 1.82) is 0 Å². The van der Waals surface area contributed by atoms with Crippen molar-refractivity contribution in [3.63, 3.8) is 0 Å². The van der Waals surface area contributed by atoms with Gasteiger partial charge in [0.25, 0.3) is 0 Å². The van der Waals surface area contributed by atoms with E-state index in [9.17, 15) is 0 Å². The molecule has 2 fully saturated rings. The number of halogens is 1. The lowest BCUT2D eigenvalue weighted by molar-refractivity contribution is 0.0782. The van der Waals surface area contributed by atoms with Crippen LogP contribution >= 0.6 is 35.7 Å². The van der Waals surface area contributed by atoms with Gasteiger partial charge in [0.15, 0.2) is 5.96 Å². The van der Waals surface area contributed by atoms with Crippen LogP contribution in [0.25, 0.3) is 0 Å². The first-order chi connectivity index (χ1) is 11.0. The molecule has 0 aliphatic carbocycles. The van der Waals surface area contributed by atoms with Crippen LogP contribution in [0.4, 0.5) is 0 Å². The van der Waals surface area contributed by atoms with E-state index >= 15 is 0 Å². The Morgan fingerprint density at radius 2 is 2.00 bits per heavy atom. The SMILES string of the molecule is CN=C(NCC1(SC)CCOCC1)NC1CN(C(C)C)CC1C.I. The van der Waals surface area contributed by atoms with E-state index in [1.807, 2.05) is 18.8 Å². The van der Waals surface area contributed by atoms with Crippen LogP contribution in [-0.2, 0) is 4.74 Å². The molecule has 2 N–H and O–H groups in total. The van der Waals surface area contributed by atoms with Crippen LogP contribution in [0.3, 0.4) is 0 Å². The third kappa shape index (κ3) is 5.92. The minimum Gasteiger partial charge on any atom is -0.381 e. The molecule has 0 aromatic heterocycles. The summed E-state index contributed by atoms with van der Waals surface area (Å²) in [5, 5.41) is 7.20. The molecule has 0 spiro atoms. The Bertz CT molecular complexity index is 402. The number of thioether (sulfide) groups is 1. The molecule has 2 unspecified atom stereocenters. The van der Waals surface area contributed by atoms with E-state index in [1.54, 1.807) is 0 Å². The summed E-state index contributed by atoms with van der Waals surface area (Å²) in [6, 6.07) is 1.09. The fourth-order valence-electron chi connectivity index (χ4n) is 3.43. The van der Waals surface area contributed by atoms with E-state index in [2.05, 4.69) is 47.6 Å². The smallest absolute Gasteiger partial charge is 0.191 e. The number of likely N-dealkylation sites (tertiary alicyclic amines) is 1. The zero-order chi connectivity index (χ0) is 16.9. The standard InChI is InChI=1S/C17H34N4OS.HI/c1-13(2)21-10-14(3)15(11-21)20-16(18-4)19-12-17(23-5)6-8-22-9-7-17;/h13-15H,6-12H2,1-5H3,(H2,18,19,20);1H. The van der Waals surface area contributed by atoms with Gasteiger partial charge < -0.3 is 15.4 Å². The highest BCUT2D eigenvalue weighted by molar-refractivity contribution is 14.0. The molecule has 2 aliphatic heterocycles. The summed E-state index contributed by atoms with van der Waals surface area (Å²) >= 11 is 1.96. The lowest BCUT2D eigenvalue weighted by atomic mass is 9.99. The van der Waals surface area contributed by atoms with Crippen LogP contribution in [0, 0.1) is 5.92 Å². The van der Waals surface area contributed by atoms with Crippen molar-refractivity contribution in [2.45, 2.75) is 50.4 Å². The van der Waals surface area contributed by atoms with Gasteiger partial charge in [0.05, 0.1) is 0 Å². The van der Waals surface area contributed by atoms with Gasteiger partial charge >= 0.3 is 0 Å². The second kappa shape index (κ2) is 10.4. The molecular weight excluding hydrogens is 435 g/mol. The first kappa shape index (κ1) is 22.3. The van der Waals surface area contributed by atoms with E-state index < -0.39 is 0 Å². The Hall–Kier alpha value is 0.270. The van der Waals surface area contributed by atoms with E-state index in [4.69, 9.17) is 4.74 Å². The van der Waals surface area contributed by atoms with Crippen LogP contribution in [0.5, 0.6) is 0 Å². The number of guanidine groups is 1. The Labute approximate surface area is 169 Å². The topological polar surface area (TPSA) is 48.9 Å². The molecule has 0 radical (unpaired) electrons. The fraction of sp³-hybridized carbons (Fsp3) is 0.941. The maximum atomic E-state index is 5.52. The Kier molecular flexibility index (Phi) is 9.69. The monoisotopic (exact) mass is 470 g/mol. The van der Waals surface area contributed by atoms with Crippen molar-refractivity contribution < 1.29 is 4.74 Å². The number of nitrogens with one attached hydrogen (secondary N) is 2. The minimum atomic E-state index is 0. The minimum absolute atomic E-state index is 0. The molecule has 2 aliphatic rings. The van der Waals surface area contributed by atoms with Gasteiger partial charge in [-0.2, -0.15) is 11.8 Å². The van der Waals surface area contributed by atoms with Gasteiger partial charge in [-0.3, -0.25) is 9.89 Å². The van der Waals surface area contributed by atoms with E-state index in [1.165, 1.54) is 6.54 Å². The van der Waals surface area contributed by atoms with Crippen LogP contribution in [0.2, 0.25) is 0 Å². The van der Waals surface area contributed by atoms with Crippen molar-refractivity contribution in [3.8, 4) is 0 Å². The summed E-state index contributed by atoms with van der Waals surface area (Å²) in [4.78, 5) is 6.98. The fourth-order valence-corrected chi connectivity index (χ4v) is 4.22. The number of nitrogens with zero attached hydrogens (tertiary/aromatic N) is 2. The largest absolute Gasteiger partial charge is 0.381 e. The van der Waals surface area contributed by atoms with Gasteiger partial charge in [-0.25, -0.2) is 0 Å². The molecule has 0 saturated carbocycles. The summed E-state index contributed by atoms with van der Waals surface area (Å²) in [6.07, 6.45) is 4.43. The number of rotatable bonds is 5. The molecule has 7 heteroatoms. The molecule has 2 saturated heterocycles. The molecular formula is C17H35IN4OS. The van der Waals surface area contributed by atoms with Crippen LogP contribution in [-0.4, -0.2) is 73.8 Å². The van der Waals surface area contributed by atoms with Gasteiger partial charge in [-0.15, -0.1) is 24.0 Å². The molecule has 2 rings (SSSR count). The first-order valence-corrected chi connectivity index (χ1v) is 10.1. The molecule has 24 heavy (non-hydrogen) atoms. The summed E-state index contributed by atoms with van der Waals surface area (Å²) in [7, 11) is 1.87. The molecule has 0 aromatic carbocycles. The number of hydrogen-bond donors (Lipinski definition) is 2. The summed E-state index contributed by atoms with van der Waals surface area (Å²) in [6.45, 7) is 11.8. The molecule has 0 bridgehead atoms. The van der Waals surface area contributed by atoms with Crippen molar-refractivity contribution in [2.24, 2.45) is 10.9 Å². The van der Waals surface area contributed by atoms with Crippen molar-refractivity contribution in [3.05, 3.63) is 0 Å². The van der Waals surface area contributed by atoms with E-state index in [0.29, 0.717) is 18.0 Å². The van der Waals surface area contributed by atoms with Crippen molar-refractivity contribution >= 4 is 41.7 Å². The molecule has 2 heterocycles. The highest BCUT2D eigenvalue weighted by atomic mass is 127. The Balaban J connectivity index is 0.00000288. The molecule has 2 atom stereocenters.